The Hall–Kier alpha value is -2.13. The van der Waals surface area contributed by atoms with Gasteiger partial charge in [-0.2, -0.15) is 5.10 Å². The number of aromatic hydroxyl groups is 2. The Bertz CT molecular complexity index is 765. The van der Waals surface area contributed by atoms with Gasteiger partial charge in [0.15, 0.2) is 0 Å². The van der Waals surface area contributed by atoms with Crippen molar-refractivity contribution in [2.75, 3.05) is 5.43 Å². The van der Waals surface area contributed by atoms with E-state index in [9.17, 15) is 20.3 Å². The van der Waals surface area contributed by atoms with Crippen LogP contribution in [-0.2, 0) is 0 Å². The summed E-state index contributed by atoms with van der Waals surface area (Å²) in [5.41, 5.74) is 3.35. The number of non-ortho nitro benzene ring substituents is 1. The van der Waals surface area contributed by atoms with Crippen LogP contribution in [0.5, 0.6) is 11.5 Å². The van der Waals surface area contributed by atoms with Gasteiger partial charge in [0.25, 0.3) is 5.69 Å². The quantitative estimate of drug-likeness (QED) is 0.386. The number of phenolic OH excluding ortho intramolecular Hbond substituents is 2. The number of hydrazone groups is 1. The van der Waals surface area contributed by atoms with Crippen molar-refractivity contribution < 1.29 is 15.1 Å². The number of nitrogens with one attached hydrogen (secondary N) is 1. The summed E-state index contributed by atoms with van der Waals surface area (Å²) in [6.07, 6.45) is 1.32. The molecule has 0 saturated carbocycles. The Labute approximate surface area is 141 Å². The lowest BCUT2D eigenvalue weighted by atomic mass is 10.2. The molecular weight excluding hydrogens is 422 g/mol. The monoisotopic (exact) mass is 429 g/mol. The summed E-state index contributed by atoms with van der Waals surface area (Å²) in [6, 6.07) is 7.33. The average molecular weight is 431 g/mol. The molecule has 0 spiro atoms. The number of hydrogen-bond acceptors (Lipinski definition) is 6. The van der Waals surface area contributed by atoms with Crippen molar-refractivity contribution in [3.63, 3.8) is 0 Å². The maximum absolute atomic E-state index is 10.7. The standard InChI is InChI=1S/C13H9Br2N3O4/c14-10-4-7(12(19)11(15)13(10)20)6-16-17-8-2-1-3-9(5-8)18(21)22/h1-6,17,19-20H. The smallest absolute Gasteiger partial charge is 0.271 e. The number of nitrogens with zero attached hydrogens (tertiary/aromatic N) is 2. The summed E-state index contributed by atoms with van der Waals surface area (Å²) >= 11 is 6.20. The molecule has 0 radical (unpaired) electrons. The minimum atomic E-state index is -0.505. The summed E-state index contributed by atoms with van der Waals surface area (Å²) in [6.45, 7) is 0. The lowest BCUT2D eigenvalue weighted by Gasteiger charge is -2.06. The van der Waals surface area contributed by atoms with E-state index in [2.05, 4.69) is 42.4 Å². The van der Waals surface area contributed by atoms with Crippen LogP contribution < -0.4 is 5.43 Å². The molecule has 114 valence electrons. The fraction of sp³-hybridized carbons (Fsp3) is 0. The number of hydrogen-bond donors (Lipinski definition) is 3. The van der Waals surface area contributed by atoms with E-state index in [1.165, 1.54) is 30.5 Å². The van der Waals surface area contributed by atoms with E-state index in [-0.39, 0.29) is 21.7 Å². The van der Waals surface area contributed by atoms with Crippen LogP contribution in [-0.4, -0.2) is 21.4 Å². The van der Waals surface area contributed by atoms with Crippen LogP contribution in [0.1, 0.15) is 5.56 Å². The van der Waals surface area contributed by atoms with Gasteiger partial charge in [0.1, 0.15) is 16.0 Å². The molecule has 0 atom stereocenters. The number of nitro benzene ring substituents is 1. The van der Waals surface area contributed by atoms with Gasteiger partial charge in [-0.05, 0) is 44.0 Å². The van der Waals surface area contributed by atoms with Gasteiger partial charge in [-0.15, -0.1) is 0 Å². The van der Waals surface area contributed by atoms with Crippen LogP contribution in [0.15, 0.2) is 44.4 Å². The molecule has 0 aliphatic heterocycles. The highest BCUT2D eigenvalue weighted by Crippen LogP contribution is 2.40. The van der Waals surface area contributed by atoms with Crippen molar-refractivity contribution in [3.05, 3.63) is 55.0 Å². The lowest BCUT2D eigenvalue weighted by Crippen LogP contribution is -1.93. The molecule has 0 saturated heterocycles. The molecule has 9 heteroatoms. The first-order chi connectivity index (χ1) is 10.4. The molecule has 2 rings (SSSR count). The second-order valence-corrected chi connectivity index (χ2v) is 5.78. The molecule has 2 aromatic rings. The summed E-state index contributed by atoms with van der Waals surface area (Å²) in [7, 11) is 0. The molecule has 0 amide bonds. The van der Waals surface area contributed by atoms with Crippen LogP contribution in [0.25, 0.3) is 0 Å². The molecule has 0 unspecified atom stereocenters. The largest absolute Gasteiger partial charge is 0.506 e. The molecule has 3 N–H and O–H groups in total. The third-order valence-electron chi connectivity index (χ3n) is 2.65. The molecule has 0 fully saturated rings. The van der Waals surface area contributed by atoms with E-state index in [1.807, 2.05) is 0 Å². The molecule has 0 aliphatic carbocycles. The molecule has 22 heavy (non-hydrogen) atoms. The fourth-order valence-electron chi connectivity index (χ4n) is 1.58. The Morgan fingerprint density at radius 2 is 1.95 bits per heavy atom. The minimum Gasteiger partial charge on any atom is -0.506 e. The number of halogens is 2. The van der Waals surface area contributed by atoms with Gasteiger partial charge in [0, 0.05) is 17.7 Å². The van der Waals surface area contributed by atoms with Crippen molar-refractivity contribution in [1.29, 1.82) is 0 Å². The third-order valence-corrected chi connectivity index (χ3v) is 4.01. The Morgan fingerprint density at radius 3 is 2.64 bits per heavy atom. The second-order valence-electron chi connectivity index (χ2n) is 4.14. The normalized spacial score (nSPS) is 10.8. The number of phenols is 2. The molecule has 0 aliphatic rings. The molecule has 2 aromatic carbocycles. The van der Waals surface area contributed by atoms with E-state index in [4.69, 9.17) is 0 Å². The summed E-state index contributed by atoms with van der Waals surface area (Å²) < 4.78 is 0.521. The van der Waals surface area contributed by atoms with Crippen molar-refractivity contribution in [2.45, 2.75) is 0 Å². The van der Waals surface area contributed by atoms with Gasteiger partial charge in [-0.3, -0.25) is 15.5 Å². The van der Waals surface area contributed by atoms with Crippen LogP contribution in [0, 0.1) is 10.1 Å². The van der Waals surface area contributed by atoms with Gasteiger partial charge in [0.2, 0.25) is 0 Å². The predicted octanol–water partition coefficient (Wildman–Crippen LogP) is 3.98. The van der Waals surface area contributed by atoms with E-state index in [0.717, 1.165) is 0 Å². The third kappa shape index (κ3) is 3.55. The summed E-state index contributed by atoms with van der Waals surface area (Å²) in [4.78, 5) is 10.2. The topological polar surface area (TPSA) is 108 Å². The minimum absolute atomic E-state index is 0.0573. The van der Waals surface area contributed by atoms with Crippen molar-refractivity contribution in [1.82, 2.24) is 0 Å². The van der Waals surface area contributed by atoms with Crippen molar-refractivity contribution in [2.24, 2.45) is 5.10 Å². The van der Waals surface area contributed by atoms with Crippen molar-refractivity contribution in [3.8, 4) is 11.5 Å². The number of benzene rings is 2. The fourth-order valence-corrected chi connectivity index (χ4v) is 2.73. The zero-order valence-corrected chi connectivity index (χ0v) is 14.0. The number of rotatable bonds is 4. The Kier molecular flexibility index (Phi) is 4.99. The predicted molar refractivity (Wildman–Crippen MR) is 89.5 cm³/mol. The second kappa shape index (κ2) is 6.75. The van der Waals surface area contributed by atoms with Gasteiger partial charge >= 0.3 is 0 Å². The highest BCUT2D eigenvalue weighted by molar-refractivity contribution is 9.11. The van der Waals surface area contributed by atoms with E-state index in [1.54, 1.807) is 6.07 Å². The van der Waals surface area contributed by atoms with Gasteiger partial charge in [-0.25, -0.2) is 0 Å². The Morgan fingerprint density at radius 1 is 1.23 bits per heavy atom. The SMILES string of the molecule is O=[N+]([O-])c1cccc(NN=Cc2cc(Br)c(O)c(Br)c2O)c1. The number of nitro groups is 1. The van der Waals surface area contributed by atoms with E-state index >= 15 is 0 Å². The molecular formula is C13H9Br2N3O4. The average Bonchev–Trinajstić information content (AvgIpc) is 2.50. The maximum atomic E-state index is 10.7. The van der Waals surface area contributed by atoms with Crippen molar-refractivity contribution >= 4 is 49.4 Å². The highest BCUT2D eigenvalue weighted by Gasteiger charge is 2.12. The van der Waals surface area contributed by atoms with Gasteiger partial charge < -0.3 is 10.2 Å². The van der Waals surface area contributed by atoms with E-state index < -0.39 is 4.92 Å². The van der Waals surface area contributed by atoms with Crippen LogP contribution >= 0.6 is 31.9 Å². The summed E-state index contributed by atoms with van der Waals surface area (Å²) in [5, 5.41) is 34.1. The number of anilines is 1. The van der Waals surface area contributed by atoms with Crippen LogP contribution in [0.4, 0.5) is 11.4 Å². The summed E-state index contributed by atoms with van der Waals surface area (Å²) in [5.74, 6) is -0.299. The molecule has 7 nitrogen and oxygen atoms in total. The molecule has 0 bridgehead atoms. The highest BCUT2D eigenvalue weighted by atomic mass is 79.9. The first-order valence-corrected chi connectivity index (χ1v) is 7.42. The first kappa shape index (κ1) is 16.2. The van der Waals surface area contributed by atoms with Crippen LogP contribution in [0.2, 0.25) is 0 Å². The Balaban J connectivity index is 2.20. The molecule has 0 heterocycles. The van der Waals surface area contributed by atoms with Crippen LogP contribution in [0.3, 0.4) is 0 Å². The van der Waals surface area contributed by atoms with Gasteiger partial charge in [-0.1, -0.05) is 6.07 Å². The van der Waals surface area contributed by atoms with E-state index in [0.29, 0.717) is 15.7 Å². The van der Waals surface area contributed by atoms with Gasteiger partial charge in [0.05, 0.1) is 21.3 Å². The molecule has 0 aromatic heterocycles. The maximum Gasteiger partial charge on any atom is 0.271 e. The zero-order chi connectivity index (χ0) is 16.3. The zero-order valence-electron chi connectivity index (χ0n) is 10.8. The first-order valence-electron chi connectivity index (χ1n) is 5.83. The lowest BCUT2D eigenvalue weighted by molar-refractivity contribution is -0.384.